The van der Waals surface area contributed by atoms with Crippen LogP contribution < -0.4 is 0 Å². The van der Waals surface area contributed by atoms with E-state index in [1.54, 1.807) is 0 Å². The number of rotatable bonds is 4. The molecule has 0 spiro atoms. The summed E-state index contributed by atoms with van der Waals surface area (Å²) in [7, 11) is 0. The maximum absolute atomic E-state index is 4.29. The fraction of sp³-hybridized carbons (Fsp3) is 0.0526. The van der Waals surface area contributed by atoms with Crippen LogP contribution in [0.25, 0.3) is 11.1 Å². The second-order valence-corrected chi connectivity index (χ2v) is 5.69. The zero-order chi connectivity index (χ0) is 14.4. The summed E-state index contributed by atoms with van der Waals surface area (Å²) in [5.74, 6) is 0. The number of halogens is 1. The Morgan fingerprint density at radius 3 is 1.90 bits per heavy atom. The molecular formula is C19H17I. The Bertz CT molecular complexity index is 634. The zero-order valence-corrected chi connectivity index (χ0v) is 13.7. The molecule has 0 amide bonds. The quantitative estimate of drug-likeness (QED) is 0.448. The van der Waals surface area contributed by atoms with Gasteiger partial charge in [-0.2, -0.15) is 0 Å². The lowest BCUT2D eigenvalue weighted by molar-refractivity contribution is 1.58. The van der Waals surface area contributed by atoms with Crippen molar-refractivity contribution < 1.29 is 0 Å². The van der Waals surface area contributed by atoms with Gasteiger partial charge in [0.25, 0.3) is 0 Å². The van der Waals surface area contributed by atoms with Crippen molar-refractivity contribution in [3.8, 4) is 0 Å². The molecule has 0 N–H and O–H groups in total. The lowest BCUT2D eigenvalue weighted by Crippen LogP contribution is -1.89. The maximum Gasteiger partial charge on any atom is 0.00935 e. The van der Waals surface area contributed by atoms with E-state index in [0.29, 0.717) is 0 Å². The summed E-state index contributed by atoms with van der Waals surface area (Å²) < 4.78 is 1.21. The van der Waals surface area contributed by atoms with Gasteiger partial charge in [0.2, 0.25) is 0 Å². The molecule has 0 heterocycles. The second kappa shape index (κ2) is 7.25. The standard InChI is InChI=1S/C19H17I/c1-3-18(20)14-19(17-12-8-5-9-13-17)15(2)16-10-6-4-7-11-16/h3-14H,2H2,1H3/b18-3+,19-14+. The molecule has 2 aromatic carbocycles. The minimum atomic E-state index is 1.05. The highest BCUT2D eigenvalue weighted by atomic mass is 127. The summed E-state index contributed by atoms with van der Waals surface area (Å²) in [6, 6.07) is 20.7. The molecule has 0 aliphatic carbocycles. The van der Waals surface area contributed by atoms with Gasteiger partial charge in [0.1, 0.15) is 0 Å². The predicted octanol–water partition coefficient (Wildman–Crippen LogP) is 6.12. The molecule has 0 aliphatic rings. The molecule has 0 unspecified atom stereocenters. The van der Waals surface area contributed by atoms with Crippen molar-refractivity contribution in [2.75, 3.05) is 0 Å². The molecule has 0 fully saturated rings. The highest BCUT2D eigenvalue weighted by molar-refractivity contribution is 14.1. The number of allylic oxidation sites excluding steroid dienone is 5. The van der Waals surface area contributed by atoms with Crippen molar-refractivity contribution in [1.82, 2.24) is 0 Å². The predicted molar refractivity (Wildman–Crippen MR) is 97.7 cm³/mol. The molecule has 0 nitrogen and oxygen atoms in total. The van der Waals surface area contributed by atoms with Gasteiger partial charge in [-0.3, -0.25) is 0 Å². The molecule has 0 atom stereocenters. The summed E-state index contributed by atoms with van der Waals surface area (Å²) >= 11 is 2.34. The molecule has 2 rings (SSSR count). The third-order valence-corrected chi connectivity index (χ3v) is 4.02. The first kappa shape index (κ1) is 14.8. The van der Waals surface area contributed by atoms with Gasteiger partial charge in [-0.05, 0) is 57.9 Å². The van der Waals surface area contributed by atoms with Crippen LogP contribution >= 0.6 is 22.6 Å². The van der Waals surface area contributed by atoms with Gasteiger partial charge in [0.15, 0.2) is 0 Å². The van der Waals surface area contributed by atoms with Crippen LogP contribution in [0.4, 0.5) is 0 Å². The van der Waals surface area contributed by atoms with Gasteiger partial charge < -0.3 is 0 Å². The first-order valence-electron chi connectivity index (χ1n) is 6.56. The van der Waals surface area contributed by atoms with E-state index < -0.39 is 0 Å². The molecule has 0 radical (unpaired) electrons. The summed E-state index contributed by atoms with van der Waals surface area (Å²) in [6.45, 7) is 6.34. The zero-order valence-electron chi connectivity index (χ0n) is 11.5. The van der Waals surface area contributed by atoms with E-state index in [-0.39, 0.29) is 0 Å². The fourth-order valence-electron chi connectivity index (χ4n) is 1.98. The van der Waals surface area contributed by atoms with Gasteiger partial charge >= 0.3 is 0 Å². The van der Waals surface area contributed by atoms with Crippen LogP contribution in [0.15, 0.2) is 83.0 Å². The third-order valence-electron chi connectivity index (χ3n) is 3.09. The molecule has 0 bridgehead atoms. The van der Waals surface area contributed by atoms with Crippen LogP contribution in [-0.2, 0) is 0 Å². The van der Waals surface area contributed by atoms with Gasteiger partial charge in [0.05, 0.1) is 0 Å². The number of hydrogen-bond acceptors (Lipinski definition) is 0. The van der Waals surface area contributed by atoms with Gasteiger partial charge in [-0.1, -0.05) is 73.3 Å². The molecule has 0 saturated heterocycles. The van der Waals surface area contributed by atoms with E-state index in [1.807, 2.05) is 31.2 Å². The summed E-state index contributed by atoms with van der Waals surface area (Å²) in [5, 5.41) is 0. The maximum atomic E-state index is 4.29. The molecular weight excluding hydrogens is 355 g/mol. The smallest absolute Gasteiger partial charge is 0.00935 e. The first-order chi connectivity index (χ1) is 9.72. The van der Waals surface area contributed by atoms with Crippen LogP contribution in [0.1, 0.15) is 18.1 Å². The van der Waals surface area contributed by atoms with Crippen LogP contribution in [0, 0.1) is 0 Å². The Morgan fingerprint density at radius 1 is 0.900 bits per heavy atom. The van der Waals surface area contributed by atoms with E-state index in [4.69, 9.17) is 0 Å². The highest BCUT2D eigenvalue weighted by Crippen LogP contribution is 2.31. The Kier molecular flexibility index (Phi) is 5.36. The molecule has 20 heavy (non-hydrogen) atoms. The Balaban J connectivity index is 2.48. The summed E-state index contributed by atoms with van der Waals surface area (Å²) in [5.41, 5.74) is 4.56. The van der Waals surface area contributed by atoms with Crippen LogP contribution in [0.2, 0.25) is 0 Å². The van der Waals surface area contributed by atoms with E-state index in [1.165, 1.54) is 14.7 Å². The van der Waals surface area contributed by atoms with Crippen molar-refractivity contribution in [3.05, 3.63) is 94.1 Å². The van der Waals surface area contributed by atoms with E-state index >= 15 is 0 Å². The molecule has 0 aliphatic heterocycles. The third kappa shape index (κ3) is 3.70. The van der Waals surface area contributed by atoms with Crippen LogP contribution in [0.5, 0.6) is 0 Å². The first-order valence-corrected chi connectivity index (χ1v) is 7.64. The lowest BCUT2D eigenvalue weighted by atomic mass is 9.93. The minimum absolute atomic E-state index is 1.05. The molecule has 1 heteroatoms. The largest absolute Gasteiger partial charge is 0.0905 e. The Morgan fingerprint density at radius 2 is 1.40 bits per heavy atom. The molecule has 0 saturated carbocycles. The SMILES string of the molecule is C=C(/C(=C\C(I)=C/C)c1ccccc1)c1ccccc1. The van der Waals surface area contributed by atoms with Crippen molar-refractivity contribution in [2.45, 2.75) is 6.92 Å². The number of benzene rings is 2. The Labute approximate surface area is 134 Å². The average molecular weight is 372 g/mol. The van der Waals surface area contributed by atoms with Crippen molar-refractivity contribution >= 4 is 33.7 Å². The van der Waals surface area contributed by atoms with Crippen LogP contribution in [-0.4, -0.2) is 0 Å². The monoisotopic (exact) mass is 372 g/mol. The summed E-state index contributed by atoms with van der Waals surface area (Å²) in [4.78, 5) is 0. The molecule has 100 valence electrons. The normalized spacial score (nSPS) is 12.3. The lowest BCUT2D eigenvalue weighted by Gasteiger charge is -2.12. The van der Waals surface area contributed by atoms with Crippen LogP contribution in [0.3, 0.4) is 0 Å². The van der Waals surface area contributed by atoms with E-state index in [0.717, 1.165) is 11.1 Å². The van der Waals surface area contributed by atoms with E-state index in [2.05, 4.69) is 77.7 Å². The van der Waals surface area contributed by atoms with Crippen molar-refractivity contribution in [3.63, 3.8) is 0 Å². The second-order valence-electron chi connectivity index (χ2n) is 4.44. The number of hydrogen-bond donors (Lipinski definition) is 0. The highest BCUT2D eigenvalue weighted by Gasteiger charge is 2.08. The average Bonchev–Trinajstić information content (AvgIpc) is 2.53. The minimum Gasteiger partial charge on any atom is -0.0905 e. The topological polar surface area (TPSA) is 0 Å². The fourth-order valence-corrected chi connectivity index (χ4v) is 2.29. The Hall–Kier alpha value is -1.61. The van der Waals surface area contributed by atoms with Gasteiger partial charge in [-0.25, -0.2) is 0 Å². The molecule has 0 aromatic heterocycles. The van der Waals surface area contributed by atoms with Crippen molar-refractivity contribution in [2.24, 2.45) is 0 Å². The summed E-state index contributed by atoms with van der Waals surface area (Å²) in [6.07, 6.45) is 4.28. The van der Waals surface area contributed by atoms with E-state index in [9.17, 15) is 0 Å². The van der Waals surface area contributed by atoms with Gasteiger partial charge in [-0.15, -0.1) is 0 Å². The van der Waals surface area contributed by atoms with Crippen molar-refractivity contribution in [1.29, 1.82) is 0 Å². The molecule has 2 aromatic rings. The van der Waals surface area contributed by atoms with Gasteiger partial charge in [0, 0.05) is 3.58 Å².